The SMILES string of the molecule is O=C(O)[C@@H]1CSCN1C(=O)C1CCC(F)(F)CC1. The van der Waals surface area contributed by atoms with Gasteiger partial charge >= 0.3 is 5.97 Å². The quantitative estimate of drug-likeness (QED) is 0.837. The number of carboxylic acids is 1. The average Bonchev–Trinajstić information content (AvgIpc) is 2.77. The first kappa shape index (κ1) is 13.6. The molecule has 2 rings (SSSR count). The zero-order valence-corrected chi connectivity index (χ0v) is 10.6. The molecule has 0 bridgehead atoms. The normalized spacial score (nSPS) is 28.3. The van der Waals surface area contributed by atoms with Crippen LogP contribution in [0.5, 0.6) is 0 Å². The van der Waals surface area contributed by atoms with Gasteiger partial charge in [-0.15, -0.1) is 11.8 Å². The fraction of sp³-hybridized carbons (Fsp3) is 0.818. The summed E-state index contributed by atoms with van der Waals surface area (Å²) in [6.07, 6.45) is -0.247. The van der Waals surface area contributed by atoms with Gasteiger partial charge in [0, 0.05) is 24.5 Å². The maximum atomic E-state index is 13.0. The lowest BCUT2D eigenvalue weighted by Gasteiger charge is -2.31. The molecule has 1 amide bonds. The third-order valence-electron chi connectivity index (χ3n) is 3.52. The molecule has 0 radical (unpaired) electrons. The smallest absolute Gasteiger partial charge is 0.327 e. The highest BCUT2D eigenvalue weighted by Crippen LogP contribution is 2.37. The Morgan fingerprint density at radius 1 is 1.28 bits per heavy atom. The minimum Gasteiger partial charge on any atom is -0.480 e. The number of carboxylic acid groups (broad SMARTS) is 1. The summed E-state index contributed by atoms with van der Waals surface area (Å²) >= 11 is 1.39. The molecule has 0 aromatic heterocycles. The van der Waals surface area contributed by atoms with Crippen molar-refractivity contribution in [2.75, 3.05) is 11.6 Å². The first-order valence-electron chi connectivity index (χ1n) is 5.89. The molecule has 2 aliphatic rings. The van der Waals surface area contributed by atoms with Crippen LogP contribution in [0.25, 0.3) is 0 Å². The van der Waals surface area contributed by atoms with Gasteiger partial charge in [0.1, 0.15) is 6.04 Å². The lowest BCUT2D eigenvalue weighted by Crippen LogP contribution is -2.45. The van der Waals surface area contributed by atoms with E-state index in [-0.39, 0.29) is 31.6 Å². The first-order chi connectivity index (χ1) is 8.41. The van der Waals surface area contributed by atoms with Gasteiger partial charge in [-0.05, 0) is 12.8 Å². The van der Waals surface area contributed by atoms with E-state index in [0.717, 1.165) is 0 Å². The second-order valence-corrected chi connectivity index (χ2v) is 5.79. The van der Waals surface area contributed by atoms with Crippen LogP contribution in [0.3, 0.4) is 0 Å². The van der Waals surface area contributed by atoms with Gasteiger partial charge in [-0.25, -0.2) is 13.6 Å². The Morgan fingerprint density at radius 2 is 1.89 bits per heavy atom. The van der Waals surface area contributed by atoms with E-state index in [1.807, 2.05) is 0 Å². The molecule has 1 atom stereocenters. The summed E-state index contributed by atoms with van der Waals surface area (Å²) in [6.45, 7) is 0. The fourth-order valence-corrected chi connectivity index (χ4v) is 3.54. The number of thioether (sulfide) groups is 1. The predicted molar refractivity (Wildman–Crippen MR) is 62.5 cm³/mol. The lowest BCUT2D eigenvalue weighted by molar-refractivity contribution is -0.151. The highest BCUT2D eigenvalue weighted by atomic mass is 32.2. The zero-order chi connectivity index (χ0) is 13.3. The summed E-state index contributed by atoms with van der Waals surface area (Å²) in [7, 11) is 0. The number of hydrogen-bond acceptors (Lipinski definition) is 3. The number of halogens is 2. The third-order valence-corrected chi connectivity index (χ3v) is 4.53. The van der Waals surface area contributed by atoms with Gasteiger partial charge in [0.2, 0.25) is 11.8 Å². The van der Waals surface area contributed by atoms with Crippen molar-refractivity contribution in [1.29, 1.82) is 0 Å². The molecule has 1 N–H and O–H groups in total. The second-order valence-electron chi connectivity index (χ2n) is 4.79. The van der Waals surface area contributed by atoms with E-state index in [1.165, 1.54) is 16.7 Å². The van der Waals surface area contributed by atoms with Gasteiger partial charge in [-0.3, -0.25) is 4.79 Å². The van der Waals surface area contributed by atoms with E-state index in [9.17, 15) is 18.4 Å². The fourth-order valence-electron chi connectivity index (χ4n) is 2.39. The number of hydrogen-bond donors (Lipinski definition) is 1. The number of amides is 1. The van der Waals surface area contributed by atoms with Crippen molar-refractivity contribution >= 4 is 23.6 Å². The molecule has 1 saturated heterocycles. The van der Waals surface area contributed by atoms with E-state index in [1.54, 1.807) is 0 Å². The van der Waals surface area contributed by atoms with Crippen molar-refractivity contribution in [2.24, 2.45) is 5.92 Å². The molecule has 102 valence electrons. The van der Waals surface area contributed by atoms with Crippen LogP contribution in [0.15, 0.2) is 0 Å². The van der Waals surface area contributed by atoms with Crippen LogP contribution in [0.4, 0.5) is 8.78 Å². The van der Waals surface area contributed by atoms with Gasteiger partial charge in [-0.1, -0.05) is 0 Å². The second kappa shape index (κ2) is 5.03. The minimum absolute atomic E-state index is 0.152. The van der Waals surface area contributed by atoms with E-state index < -0.39 is 23.9 Å². The Morgan fingerprint density at radius 3 is 2.44 bits per heavy atom. The monoisotopic (exact) mass is 279 g/mol. The Labute approximate surface area is 108 Å². The molecule has 4 nitrogen and oxygen atoms in total. The number of carbonyl (C=O) groups excluding carboxylic acids is 1. The highest BCUT2D eigenvalue weighted by molar-refractivity contribution is 7.99. The molecule has 0 aromatic rings. The molecule has 1 heterocycles. The molecular formula is C11H15F2NO3S. The summed E-state index contributed by atoms with van der Waals surface area (Å²) in [5.41, 5.74) is 0. The maximum absolute atomic E-state index is 13.0. The Bertz CT molecular complexity index is 354. The van der Waals surface area contributed by atoms with Gasteiger partial charge in [0.05, 0.1) is 5.88 Å². The molecule has 0 spiro atoms. The standard InChI is InChI=1S/C11H15F2NO3S/c12-11(13)3-1-7(2-4-11)9(15)14-6-18-5-8(14)10(16)17/h7-8H,1-6H2,(H,16,17)/t8-/m0/s1. The van der Waals surface area contributed by atoms with Gasteiger partial charge in [0.15, 0.2) is 0 Å². The van der Waals surface area contributed by atoms with Crippen LogP contribution in [0, 0.1) is 5.92 Å². The van der Waals surface area contributed by atoms with Crippen molar-refractivity contribution < 1.29 is 23.5 Å². The van der Waals surface area contributed by atoms with Crippen molar-refractivity contribution in [3.05, 3.63) is 0 Å². The molecule has 1 saturated carbocycles. The number of alkyl halides is 2. The molecule has 2 fully saturated rings. The van der Waals surface area contributed by atoms with Gasteiger partial charge < -0.3 is 10.0 Å². The summed E-state index contributed by atoms with van der Waals surface area (Å²) < 4.78 is 26.0. The van der Waals surface area contributed by atoms with E-state index in [2.05, 4.69) is 0 Å². The third kappa shape index (κ3) is 2.76. The van der Waals surface area contributed by atoms with Crippen LogP contribution in [-0.4, -0.2) is 45.5 Å². The van der Waals surface area contributed by atoms with E-state index in [4.69, 9.17) is 5.11 Å². The lowest BCUT2D eigenvalue weighted by atomic mass is 9.86. The van der Waals surface area contributed by atoms with Crippen molar-refractivity contribution in [1.82, 2.24) is 4.90 Å². The molecule has 0 unspecified atom stereocenters. The number of carbonyl (C=O) groups is 2. The van der Waals surface area contributed by atoms with Crippen LogP contribution in [0.2, 0.25) is 0 Å². The van der Waals surface area contributed by atoms with Crippen molar-refractivity contribution in [3.8, 4) is 0 Å². The average molecular weight is 279 g/mol. The Hall–Kier alpha value is -0.850. The maximum Gasteiger partial charge on any atom is 0.327 e. The molecule has 1 aliphatic carbocycles. The van der Waals surface area contributed by atoms with Crippen molar-refractivity contribution in [2.45, 2.75) is 37.6 Å². The number of rotatable bonds is 2. The van der Waals surface area contributed by atoms with Gasteiger partial charge in [0.25, 0.3) is 0 Å². The highest BCUT2D eigenvalue weighted by Gasteiger charge is 2.42. The van der Waals surface area contributed by atoms with Crippen LogP contribution in [0.1, 0.15) is 25.7 Å². The Balaban J connectivity index is 1.97. The van der Waals surface area contributed by atoms with Crippen LogP contribution >= 0.6 is 11.8 Å². The van der Waals surface area contributed by atoms with E-state index in [0.29, 0.717) is 11.6 Å². The topological polar surface area (TPSA) is 57.6 Å². The summed E-state index contributed by atoms with van der Waals surface area (Å²) in [4.78, 5) is 24.4. The Kier molecular flexibility index (Phi) is 3.79. The predicted octanol–water partition coefficient (Wildman–Crippen LogP) is 1.80. The van der Waals surface area contributed by atoms with Crippen LogP contribution in [-0.2, 0) is 9.59 Å². The van der Waals surface area contributed by atoms with Crippen LogP contribution < -0.4 is 0 Å². The molecule has 1 aliphatic heterocycles. The molecule has 0 aromatic carbocycles. The largest absolute Gasteiger partial charge is 0.480 e. The molecule has 7 heteroatoms. The zero-order valence-electron chi connectivity index (χ0n) is 9.77. The first-order valence-corrected chi connectivity index (χ1v) is 7.05. The van der Waals surface area contributed by atoms with E-state index >= 15 is 0 Å². The summed E-state index contributed by atoms with van der Waals surface area (Å²) in [6, 6.07) is -0.801. The number of nitrogens with zero attached hydrogens (tertiary/aromatic N) is 1. The number of aliphatic carboxylic acids is 1. The van der Waals surface area contributed by atoms with Crippen molar-refractivity contribution in [3.63, 3.8) is 0 Å². The van der Waals surface area contributed by atoms with Gasteiger partial charge in [-0.2, -0.15) is 0 Å². The molecular weight excluding hydrogens is 264 g/mol. The molecule has 18 heavy (non-hydrogen) atoms. The minimum atomic E-state index is -2.66. The summed E-state index contributed by atoms with van der Waals surface area (Å²) in [5.74, 6) is -3.67. The summed E-state index contributed by atoms with van der Waals surface area (Å²) in [5, 5.41) is 8.99.